The molecule has 1 aliphatic heterocycles. The Labute approximate surface area is 193 Å². The van der Waals surface area contributed by atoms with E-state index in [1.54, 1.807) is 23.9 Å². The van der Waals surface area contributed by atoms with E-state index < -0.39 is 12.1 Å². The molecule has 0 saturated carbocycles. The van der Waals surface area contributed by atoms with Crippen LogP contribution in [0.15, 0.2) is 60.9 Å². The van der Waals surface area contributed by atoms with Gasteiger partial charge in [0.1, 0.15) is 23.7 Å². The van der Waals surface area contributed by atoms with Crippen LogP contribution in [0, 0.1) is 17.8 Å². The van der Waals surface area contributed by atoms with Gasteiger partial charge in [0.2, 0.25) is 5.91 Å². The second-order valence-electron chi connectivity index (χ2n) is 8.12. The number of ether oxygens (including phenoxy) is 1. The molecule has 3 aromatic rings. The molecule has 1 aliphatic rings. The molecule has 0 radical (unpaired) electrons. The Bertz CT molecular complexity index is 1140. The zero-order chi connectivity index (χ0) is 23.2. The summed E-state index contributed by atoms with van der Waals surface area (Å²) in [5, 5.41) is 22.4. The summed E-state index contributed by atoms with van der Waals surface area (Å²) in [6, 6.07) is 15.3. The minimum atomic E-state index is -0.740. The Morgan fingerprint density at radius 1 is 1.18 bits per heavy atom. The van der Waals surface area contributed by atoms with Crippen molar-refractivity contribution < 1.29 is 19.7 Å². The highest BCUT2D eigenvalue weighted by atomic mass is 16.5. The molecule has 170 valence electrons. The molecule has 3 N–H and O–H groups in total. The van der Waals surface area contributed by atoms with Gasteiger partial charge in [-0.1, -0.05) is 36.1 Å². The van der Waals surface area contributed by atoms with E-state index in [0.717, 1.165) is 22.4 Å². The van der Waals surface area contributed by atoms with Gasteiger partial charge in [-0.2, -0.15) is 0 Å². The molecule has 1 aromatic heterocycles. The van der Waals surface area contributed by atoms with Crippen LogP contribution < -0.4 is 10.1 Å². The van der Waals surface area contributed by atoms with Crippen LogP contribution in [0.5, 0.6) is 5.75 Å². The van der Waals surface area contributed by atoms with Crippen molar-refractivity contribution >= 4 is 5.91 Å². The van der Waals surface area contributed by atoms with Crippen molar-refractivity contribution in [3.05, 3.63) is 72.3 Å². The fourth-order valence-electron chi connectivity index (χ4n) is 3.77. The fourth-order valence-corrected chi connectivity index (χ4v) is 3.77. The average Bonchev–Trinajstić information content (AvgIpc) is 3.48. The third-order valence-electron chi connectivity index (χ3n) is 5.58. The van der Waals surface area contributed by atoms with Crippen LogP contribution >= 0.6 is 0 Å². The molecular formula is C26H27N3O4. The van der Waals surface area contributed by atoms with Gasteiger partial charge in [0, 0.05) is 36.8 Å². The number of rotatable bonds is 7. The molecule has 33 heavy (non-hydrogen) atoms. The molecule has 2 aromatic carbocycles. The Hall–Kier alpha value is -3.60. The van der Waals surface area contributed by atoms with Crippen LogP contribution in [0.3, 0.4) is 0 Å². The van der Waals surface area contributed by atoms with Crippen LogP contribution in [-0.2, 0) is 4.79 Å². The summed E-state index contributed by atoms with van der Waals surface area (Å²) in [5.74, 6) is 7.72. The number of nitrogens with one attached hydrogen (secondary N) is 1. The number of hydrogen-bond acceptors (Lipinski definition) is 5. The van der Waals surface area contributed by atoms with Crippen molar-refractivity contribution in [2.24, 2.45) is 5.92 Å². The first-order valence-electron chi connectivity index (χ1n) is 11.0. The van der Waals surface area contributed by atoms with Crippen LogP contribution in [0.2, 0.25) is 0 Å². The van der Waals surface area contributed by atoms with Gasteiger partial charge in [-0.25, -0.2) is 4.98 Å². The summed E-state index contributed by atoms with van der Waals surface area (Å²) in [5.41, 5.74) is 2.95. The van der Waals surface area contributed by atoms with E-state index in [1.807, 2.05) is 48.5 Å². The highest BCUT2D eigenvalue weighted by Gasteiger charge is 2.21. The van der Waals surface area contributed by atoms with E-state index >= 15 is 0 Å². The van der Waals surface area contributed by atoms with Gasteiger partial charge >= 0.3 is 0 Å². The van der Waals surface area contributed by atoms with Crippen molar-refractivity contribution in [2.45, 2.75) is 25.5 Å². The van der Waals surface area contributed by atoms with E-state index in [-0.39, 0.29) is 18.4 Å². The number of aliphatic hydroxyl groups excluding tert-OH is 2. The first-order chi connectivity index (χ1) is 16.0. The summed E-state index contributed by atoms with van der Waals surface area (Å²) in [6.45, 7) is 2.66. The van der Waals surface area contributed by atoms with Crippen LogP contribution in [0.25, 0.3) is 11.1 Å². The number of imidazole rings is 1. The Balaban J connectivity index is 1.39. The lowest BCUT2D eigenvalue weighted by molar-refractivity contribution is -0.119. The lowest BCUT2D eigenvalue weighted by Crippen LogP contribution is -2.16. The normalized spacial score (nSPS) is 17.1. The van der Waals surface area contributed by atoms with E-state index in [2.05, 4.69) is 22.1 Å². The van der Waals surface area contributed by atoms with E-state index in [9.17, 15) is 15.0 Å². The van der Waals surface area contributed by atoms with Gasteiger partial charge in [-0.05, 0) is 42.3 Å². The summed E-state index contributed by atoms with van der Waals surface area (Å²) in [6.07, 6.45) is 3.08. The summed E-state index contributed by atoms with van der Waals surface area (Å²) < 4.78 is 7.51. The highest BCUT2D eigenvalue weighted by Crippen LogP contribution is 2.24. The number of hydrogen-bond donors (Lipinski definition) is 3. The zero-order valence-electron chi connectivity index (χ0n) is 18.4. The standard InChI is InChI=1S/C26H27N3O4/c1-18(31)26-27-12-13-29(26)23(16-30)9-4-19-2-5-21(6-3-19)22-7-10-24(11-8-22)33-17-20-14-25(32)28-15-20/h2-3,5-8,10-13,18,20,23,30-31H,14-17H2,1H3,(H,28,32)/t18-,20-,23-/m0/s1. The van der Waals surface area contributed by atoms with Crippen LogP contribution in [0.4, 0.5) is 0 Å². The van der Waals surface area contributed by atoms with Gasteiger partial charge in [0.25, 0.3) is 0 Å². The van der Waals surface area contributed by atoms with Gasteiger partial charge in [-0.3, -0.25) is 4.79 Å². The van der Waals surface area contributed by atoms with Crippen molar-refractivity contribution in [1.29, 1.82) is 0 Å². The van der Waals surface area contributed by atoms with Gasteiger partial charge in [0.05, 0.1) is 13.2 Å². The van der Waals surface area contributed by atoms with Crippen LogP contribution in [0.1, 0.15) is 36.9 Å². The number of aliphatic hydroxyl groups is 2. The number of carbonyl (C=O) groups is 1. The molecule has 1 amide bonds. The third-order valence-corrected chi connectivity index (χ3v) is 5.58. The topological polar surface area (TPSA) is 96.6 Å². The second-order valence-corrected chi connectivity index (χ2v) is 8.12. The predicted octanol–water partition coefficient (Wildman–Crippen LogP) is 2.70. The molecule has 1 fully saturated rings. The summed E-state index contributed by atoms with van der Waals surface area (Å²) in [4.78, 5) is 15.4. The fraction of sp³-hybridized carbons (Fsp3) is 0.308. The van der Waals surface area contributed by atoms with E-state index in [1.165, 1.54) is 0 Å². The minimum Gasteiger partial charge on any atom is -0.493 e. The maximum Gasteiger partial charge on any atom is 0.220 e. The number of nitrogens with zero attached hydrogens (tertiary/aromatic N) is 2. The predicted molar refractivity (Wildman–Crippen MR) is 124 cm³/mol. The first kappa shape index (κ1) is 22.6. The Morgan fingerprint density at radius 3 is 2.48 bits per heavy atom. The van der Waals surface area contributed by atoms with E-state index in [0.29, 0.717) is 25.4 Å². The number of carbonyl (C=O) groups excluding carboxylic acids is 1. The Kier molecular flexibility index (Phi) is 7.08. The SMILES string of the molecule is C[C@H](O)c1nccn1[C@@H](C#Cc1ccc(-c2ccc(OC[C@@H]3CNC(=O)C3)cc2)cc1)CO. The molecule has 2 heterocycles. The quantitative estimate of drug-likeness (QED) is 0.486. The minimum absolute atomic E-state index is 0.0882. The van der Waals surface area contributed by atoms with E-state index in [4.69, 9.17) is 4.74 Å². The summed E-state index contributed by atoms with van der Waals surface area (Å²) in [7, 11) is 0. The molecule has 0 spiro atoms. The molecular weight excluding hydrogens is 418 g/mol. The molecule has 4 rings (SSSR count). The molecule has 7 nitrogen and oxygen atoms in total. The maximum absolute atomic E-state index is 11.3. The highest BCUT2D eigenvalue weighted by molar-refractivity contribution is 5.78. The lowest BCUT2D eigenvalue weighted by Gasteiger charge is -2.14. The number of benzene rings is 2. The van der Waals surface area contributed by atoms with Crippen LogP contribution in [-0.4, -0.2) is 45.4 Å². The van der Waals surface area contributed by atoms with Gasteiger partial charge < -0.3 is 24.8 Å². The smallest absolute Gasteiger partial charge is 0.220 e. The second kappa shape index (κ2) is 10.3. The van der Waals surface area contributed by atoms with Crippen molar-refractivity contribution in [3.63, 3.8) is 0 Å². The number of aromatic nitrogens is 2. The molecule has 0 bridgehead atoms. The lowest BCUT2D eigenvalue weighted by atomic mass is 10.0. The molecule has 1 saturated heterocycles. The monoisotopic (exact) mass is 445 g/mol. The largest absolute Gasteiger partial charge is 0.493 e. The van der Waals surface area contributed by atoms with Gasteiger partial charge in [-0.15, -0.1) is 0 Å². The molecule has 3 atom stereocenters. The maximum atomic E-state index is 11.3. The molecule has 7 heteroatoms. The van der Waals surface area contributed by atoms with Crippen molar-refractivity contribution in [1.82, 2.24) is 14.9 Å². The Morgan fingerprint density at radius 2 is 1.88 bits per heavy atom. The number of amides is 1. The van der Waals surface area contributed by atoms with Crippen molar-refractivity contribution in [2.75, 3.05) is 19.8 Å². The van der Waals surface area contributed by atoms with Crippen molar-refractivity contribution in [3.8, 4) is 28.7 Å². The average molecular weight is 446 g/mol. The first-order valence-corrected chi connectivity index (χ1v) is 11.0. The van der Waals surface area contributed by atoms with Gasteiger partial charge in [0.15, 0.2) is 0 Å². The molecule has 0 aliphatic carbocycles. The third kappa shape index (κ3) is 5.61. The molecule has 0 unspecified atom stereocenters. The summed E-state index contributed by atoms with van der Waals surface area (Å²) >= 11 is 0. The zero-order valence-corrected chi connectivity index (χ0v) is 18.4.